The van der Waals surface area contributed by atoms with E-state index in [9.17, 15) is 5.26 Å². The smallest absolute Gasteiger partial charge is 0.189 e. The second-order valence-corrected chi connectivity index (χ2v) is 12.0. The van der Waals surface area contributed by atoms with Crippen molar-refractivity contribution >= 4 is 49.3 Å². The van der Waals surface area contributed by atoms with E-state index in [-0.39, 0.29) is 0 Å². The average molecular weight is 611 g/mol. The molecule has 4 nitrogen and oxygen atoms in total. The third-order valence-corrected chi connectivity index (χ3v) is 9.34. The molecule has 2 aromatic heterocycles. The quantitative estimate of drug-likeness (QED) is 0.183. The molecular weight excluding hydrogens is 585 g/mol. The second-order valence-electron chi connectivity index (χ2n) is 12.0. The lowest BCUT2D eigenvalue weighted by atomic mass is 9.95. The van der Waals surface area contributed by atoms with Gasteiger partial charge >= 0.3 is 0 Å². The van der Waals surface area contributed by atoms with Crippen LogP contribution in [-0.4, -0.2) is 9.13 Å². The third kappa shape index (κ3) is 4.22. The summed E-state index contributed by atoms with van der Waals surface area (Å²) < 4.78 is 4.55. The van der Waals surface area contributed by atoms with E-state index in [4.69, 9.17) is 6.57 Å². The first-order valence-electron chi connectivity index (χ1n) is 15.9. The lowest BCUT2D eigenvalue weighted by Crippen LogP contribution is -1.98. The predicted octanol–water partition coefficient (Wildman–Crippen LogP) is 11.6. The minimum atomic E-state index is 0.563. The number of fused-ring (bicyclic) bond motifs is 6. The van der Waals surface area contributed by atoms with Crippen LogP contribution >= 0.6 is 0 Å². The molecule has 0 bridgehead atoms. The second kappa shape index (κ2) is 10.9. The zero-order valence-electron chi connectivity index (χ0n) is 25.8. The molecule has 0 radical (unpaired) electrons. The number of benzene rings is 7. The van der Waals surface area contributed by atoms with Crippen molar-refractivity contribution in [2.24, 2.45) is 0 Å². The van der Waals surface area contributed by atoms with Crippen molar-refractivity contribution in [1.29, 1.82) is 5.26 Å². The van der Waals surface area contributed by atoms with Gasteiger partial charge in [-0.3, -0.25) is 0 Å². The lowest BCUT2D eigenvalue weighted by molar-refractivity contribution is 1.18. The van der Waals surface area contributed by atoms with Crippen LogP contribution in [-0.2, 0) is 0 Å². The molecule has 222 valence electrons. The standard InChI is InChI=1S/C44H26N4/c1-46-33-20-23-35(44(27-33)48-42-16-8-4-12-38(42)39-13-5-9-17-43(39)48)32-25-29(28-45)24-31(26-32)30-18-21-34(22-19-30)47-40-14-6-2-10-36(40)37-11-3-7-15-41(37)47/h2-27H. The van der Waals surface area contributed by atoms with Crippen LogP contribution in [0.25, 0.3) is 82.1 Å². The predicted molar refractivity (Wildman–Crippen MR) is 197 cm³/mol. The van der Waals surface area contributed by atoms with Gasteiger partial charge in [0.1, 0.15) is 0 Å². The van der Waals surface area contributed by atoms with Gasteiger partial charge in [0.05, 0.1) is 40.3 Å². The van der Waals surface area contributed by atoms with Gasteiger partial charge in [-0.05, 0) is 77.4 Å². The summed E-state index contributed by atoms with van der Waals surface area (Å²) in [7, 11) is 0. The number of aromatic nitrogens is 2. The zero-order valence-corrected chi connectivity index (χ0v) is 25.8. The summed E-state index contributed by atoms with van der Waals surface area (Å²) >= 11 is 0. The van der Waals surface area contributed by atoms with Crippen LogP contribution in [0.3, 0.4) is 0 Å². The van der Waals surface area contributed by atoms with Gasteiger partial charge < -0.3 is 9.13 Å². The molecule has 0 saturated heterocycles. The highest BCUT2D eigenvalue weighted by atomic mass is 15.0. The molecule has 0 aliphatic carbocycles. The lowest BCUT2D eigenvalue weighted by Gasteiger charge is -2.16. The molecule has 0 aliphatic heterocycles. The summed E-state index contributed by atoms with van der Waals surface area (Å²) in [5, 5.41) is 14.9. The highest BCUT2D eigenvalue weighted by Gasteiger charge is 2.17. The topological polar surface area (TPSA) is 38.0 Å². The van der Waals surface area contributed by atoms with E-state index < -0.39 is 0 Å². The van der Waals surface area contributed by atoms with E-state index in [1.165, 1.54) is 21.8 Å². The Morgan fingerprint density at radius 2 is 0.979 bits per heavy atom. The van der Waals surface area contributed by atoms with Crippen LogP contribution in [0.4, 0.5) is 5.69 Å². The minimum Gasteiger partial charge on any atom is -0.310 e. The molecule has 0 aliphatic rings. The van der Waals surface area contributed by atoms with Crippen molar-refractivity contribution in [1.82, 2.24) is 9.13 Å². The monoisotopic (exact) mass is 610 g/mol. The van der Waals surface area contributed by atoms with Crippen LogP contribution < -0.4 is 0 Å². The van der Waals surface area contributed by atoms with Crippen molar-refractivity contribution in [2.75, 3.05) is 0 Å². The maximum absolute atomic E-state index is 10.2. The van der Waals surface area contributed by atoms with E-state index >= 15 is 0 Å². The molecule has 2 heterocycles. The SMILES string of the molecule is [C-]#[N+]c1ccc(-c2cc(C#N)cc(-c3ccc(-n4c5ccccc5c5ccccc54)cc3)c2)c(-n2c3ccccc3c3ccccc32)c1. The normalized spacial score (nSPS) is 11.3. The average Bonchev–Trinajstić information content (AvgIpc) is 3.67. The Bertz CT molecular complexity index is 2690. The molecule has 7 aromatic carbocycles. The van der Waals surface area contributed by atoms with Gasteiger partial charge in [-0.25, -0.2) is 4.85 Å². The summed E-state index contributed by atoms with van der Waals surface area (Å²) in [4.78, 5) is 3.78. The van der Waals surface area contributed by atoms with Gasteiger partial charge in [-0.1, -0.05) is 97.1 Å². The van der Waals surface area contributed by atoms with Gasteiger partial charge in [0.25, 0.3) is 0 Å². The molecule has 0 amide bonds. The number of rotatable bonds is 4. The van der Waals surface area contributed by atoms with Crippen molar-refractivity contribution in [2.45, 2.75) is 0 Å². The Morgan fingerprint density at radius 3 is 1.50 bits per heavy atom. The van der Waals surface area contributed by atoms with Crippen molar-refractivity contribution in [3.63, 3.8) is 0 Å². The molecule has 0 atom stereocenters. The third-order valence-electron chi connectivity index (χ3n) is 9.34. The van der Waals surface area contributed by atoms with Gasteiger partial charge in [-0.15, -0.1) is 0 Å². The maximum atomic E-state index is 10.2. The first kappa shape index (κ1) is 27.4. The highest BCUT2D eigenvalue weighted by molar-refractivity contribution is 6.10. The summed E-state index contributed by atoms with van der Waals surface area (Å²) in [6.45, 7) is 7.81. The van der Waals surface area contributed by atoms with Crippen LogP contribution in [0.15, 0.2) is 158 Å². The number of nitrogens with zero attached hydrogens (tertiary/aromatic N) is 4. The van der Waals surface area contributed by atoms with Gasteiger partial charge in [0, 0.05) is 38.5 Å². The first-order valence-corrected chi connectivity index (χ1v) is 15.9. The molecule has 0 spiro atoms. The van der Waals surface area contributed by atoms with E-state index in [1.807, 2.05) is 42.5 Å². The Kier molecular flexibility index (Phi) is 6.22. The molecular formula is C44H26N4. The Balaban J connectivity index is 1.21. The first-order chi connectivity index (χ1) is 23.7. The van der Waals surface area contributed by atoms with E-state index in [0.29, 0.717) is 11.3 Å². The van der Waals surface area contributed by atoms with E-state index in [1.54, 1.807) is 0 Å². The molecule has 0 N–H and O–H groups in total. The number of para-hydroxylation sites is 4. The van der Waals surface area contributed by atoms with Crippen LogP contribution in [0.1, 0.15) is 5.56 Å². The fraction of sp³-hybridized carbons (Fsp3) is 0. The summed E-state index contributed by atoms with van der Waals surface area (Å²) in [5.41, 5.74) is 11.5. The van der Waals surface area contributed by atoms with E-state index in [0.717, 1.165) is 55.4 Å². The molecule has 4 heteroatoms. The summed E-state index contributed by atoms with van der Waals surface area (Å²) in [6.07, 6.45) is 0. The molecule has 0 saturated carbocycles. The van der Waals surface area contributed by atoms with Crippen LogP contribution in [0.5, 0.6) is 0 Å². The highest BCUT2D eigenvalue weighted by Crippen LogP contribution is 2.39. The van der Waals surface area contributed by atoms with Crippen molar-refractivity contribution in [3.8, 4) is 39.7 Å². The van der Waals surface area contributed by atoms with E-state index in [2.05, 4.69) is 135 Å². The van der Waals surface area contributed by atoms with Gasteiger partial charge in [0.2, 0.25) is 0 Å². The number of nitriles is 1. The van der Waals surface area contributed by atoms with Gasteiger partial charge in [0.15, 0.2) is 5.69 Å². The van der Waals surface area contributed by atoms with Crippen LogP contribution in [0, 0.1) is 17.9 Å². The molecule has 9 rings (SSSR count). The largest absolute Gasteiger partial charge is 0.310 e. The fourth-order valence-corrected chi connectivity index (χ4v) is 7.22. The zero-order chi connectivity index (χ0) is 32.2. The molecule has 0 fully saturated rings. The Hall–Kier alpha value is -6.88. The Labute approximate surface area is 277 Å². The fourth-order valence-electron chi connectivity index (χ4n) is 7.22. The summed E-state index contributed by atoms with van der Waals surface area (Å²) in [5.74, 6) is 0. The Morgan fingerprint density at radius 1 is 0.479 bits per heavy atom. The van der Waals surface area contributed by atoms with Crippen molar-refractivity contribution < 1.29 is 0 Å². The van der Waals surface area contributed by atoms with Crippen molar-refractivity contribution in [3.05, 3.63) is 175 Å². The molecule has 9 aromatic rings. The van der Waals surface area contributed by atoms with Gasteiger partial charge in [-0.2, -0.15) is 5.26 Å². The number of hydrogen-bond donors (Lipinski definition) is 0. The maximum Gasteiger partial charge on any atom is 0.189 e. The minimum absolute atomic E-state index is 0.563. The summed E-state index contributed by atoms with van der Waals surface area (Å²) in [6, 6.07) is 56.6. The molecule has 0 unspecified atom stereocenters. The number of hydrogen-bond acceptors (Lipinski definition) is 1. The van der Waals surface area contributed by atoms with Crippen LogP contribution in [0.2, 0.25) is 0 Å². The molecule has 48 heavy (non-hydrogen) atoms.